The summed E-state index contributed by atoms with van der Waals surface area (Å²) in [7, 11) is -4.26. The molecule has 0 aromatic heterocycles. The lowest BCUT2D eigenvalue weighted by molar-refractivity contribution is 0.225. The first kappa shape index (κ1) is 26.3. The van der Waals surface area contributed by atoms with Gasteiger partial charge in [0.15, 0.2) is 5.66 Å². The first-order valence-electron chi connectivity index (χ1n) is 10.4. The molecule has 30 heavy (non-hydrogen) atoms. The van der Waals surface area contributed by atoms with Crippen LogP contribution in [0.1, 0.15) is 44.9 Å². The van der Waals surface area contributed by atoms with E-state index < -0.39 is 35.1 Å². The third-order valence-corrected chi connectivity index (χ3v) is 10.2. The van der Waals surface area contributed by atoms with Gasteiger partial charge in [-0.2, -0.15) is 0 Å². The van der Waals surface area contributed by atoms with Gasteiger partial charge in [0.2, 0.25) is 0 Å². The Morgan fingerprint density at radius 3 is 1.53 bits per heavy atom. The minimum atomic E-state index is -1.65. The second-order valence-electron chi connectivity index (χ2n) is 7.51. The molecule has 1 saturated carbocycles. The van der Waals surface area contributed by atoms with Crippen LogP contribution in [0.3, 0.4) is 0 Å². The van der Waals surface area contributed by atoms with Crippen LogP contribution in [0.5, 0.6) is 0 Å². The molecule has 4 aliphatic rings. The van der Waals surface area contributed by atoms with Crippen molar-refractivity contribution in [1.29, 1.82) is 0 Å². The van der Waals surface area contributed by atoms with Crippen LogP contribution in [0.4, 0.5) is 0 Å². The van der Waals surface area contributed by atoms with E-state index in [2.05, 4.69) is 11.5 Å². The van der Waals surface area contributed by atoms with E-state index in [0.29, 0.717) is 32.7 Å². The van der Waals surface area contributed by atoms with Gasteiger partial charge in [-0.1, -0.05) is 20.1 Å². The van der Waals surface area contributed by atoms with Crippen molar-refractivity contribution in [1.82, 2.24) is 0 Å². The third-order valence-electron chi connectivity index (χ3n) is 4.72. The van der Waals surface area contributed by atoms with Crippen LogP contribution in [0.25, 0.3) is 0 Å². The molecule has 7 unspecified atom stereocenters. The molecule has 7 atom stereocenters. The fourth-order valence-electron chi connectivity index (χ4n) is 2.60. The molecule has 0 spiro atoms. The number of hydrogen-bond donors (Lipinski definition) is 4. The first-order chi connectivity index (χ1) is 14.4. The summed E-state index contributed by atoms with van der Waals surface area (Å²) in [6.07, 6.45) is 5.51. The summed E-state index contributed by atoms with van der Waals surface area (Å²) in [5.41, 5.74) is 9.51. The van der Waals surface area contributed by atoms with Crippen LogP contribution in [0.15, 0.2) is 0 Å². The van der Waals surface area contributed by atoms with Gasteiger partial charge < -0.3 is 35.9 Å². The second-order valence-corrected chi connectivity index (χ2v) is 13.3. The topological polar surface area (TPSA) is 181 Å². The van der Waals surface area contributed by atoms with Crippen molar-refractivity contribution < 1.29 is 38.1 Å². The molecule has 4 fully saturated rings. The normalized spacial score (nSPS) is 29.2. The van der Waals surface area contributed by atoms with Gasteiger partial charge in [0.1, 0.15) is 19.8 Å². The number of aliphatic hydroxyl groups excluding tert-OH is 2. The highest BCUT2D eigenvalue weighted by molar-refractivity contribution is 7.47. The van der Waals surface area contributed by atoms with E-state index in [0.717, 1.165) is 32.1 Å². The van der Waals surface area contributed by atoms with Gasteiger partial charge in [0.25, 0.3) is 29.2 Å². The van der Waals surface area contributed by atoms with Crippen molar-refractivity contribution >= 4 is 23.4 Å². The summed E-state index contributed by atoms with van der Waals surface area (Å²) in [4.78, 5) is 0. The van der Waals surface area contributed by atoms with Gasteiger partial charge in [-0.3, -0.25) is 0 Å². The number of ether oxygens (including phenoxy) is 3. The fourth-order valence-corrected chi connectivity index (χ4v) is 6.52. The number of rotatable bonds is 12. The maximum atomic E-state index is 11.7. The Bertz CT molecular complexity index is 537. The lowest BCUT2D eigenvalue weighted by Gasteiger charge is -2.02. The van der Waals surface area contributed by atoms with Crippen molar-refractivity contribution in [3.8, 4) is 0 Å². The highest BCUT2D eigenvalue weighted by atomic mass is 31.1. The average Bonchev–Trinajstić information content (AvgIpc) is 3.60. The molecule has 3 aliphatic heterocycles. The lowest BCUT2D eigenvalue weighted by atomic mass is 10.1. The summed E-state index contributed by atoms with van der Waals surface area (Å²) in [6.45, 7) is 2.11. The molecule has 0 radical (unpaired) electrons. The van der Waals surface area contributed by atoms with E-state index in [4.69, 9.17) is 14.2 Å². The van der Waals surface area contributed by atoms with Crippen molar-refractivity contribution in [2.75, 3.05) is 26.5 Å². The predicted molar refractivity (Wildman–Crippen MR) is 113 cm³/mol. The van der Waals surface area contributed by atoms with Gasteiger partial charge in [0, 0.05) is 19.5 Å². The first-order valence-corrected chi connectivity index (χ1v) is 14.6. The molecule has 4 rings (SSSR count). The Morgan fingerprint density at radius 2 is 1.17 bits per heavy atom. The van der Waals surface area contributed by atoms with E-state index in [9.17, 15) is 23.9 Å². The molecule has 3 saturated heterocycles. The third kappa shape index (κ3) is 10.6. The Hall–Kier alpha value is 0.0200. The van der Waals surface area contributed by atoms with Gasteiger partial charge in [-0.25, -0.2) is 0 Å². The zero-order chi connectivity index (χ0) is 22.1. The van der Waals surface area contributed by atoms with Crippen LogP contribution >= 0.6 is 23.4 Å². The van der Waals surface area contributed by atoms with Crippen molar-refractivity contribution in [3.63, 3.8) is 0 Å². The standard InChI is InChI=1S/C12H22O5P2.C4H6O3P.CH6N2/c13-10(18(15)9-6-7-9)4-2-1-3-5-11(14)19(16)12-8-17-12;5-8(3-1-6-3)4-2-7-4;2-1-3/h9-14H,1-8H2;3-4H,1-2H2;1-3H2/q+2;+1;. The van der Waals surface area contributed by atoms with Gasteiger partial charge >= 0.3 is 23.4 Å². The molecule has 0 amide bonds. The van der Waals surface area contributed by atoms with Crippen molar-refractivity contribution in [2.24, 2.45) is 11.5 Å². The van der Waals surface area contributed by atoms with E-state index in [1.165, 1.54) is 0 Å². The Labute approximate surface area is 179 Å². The van der Waals surface area contributed by atoms with E-state index in [1.54, 1.807) is 0 Å². The van der Waals surface area contributed by atoms with Gasteiger partial charge in [-0.05, 0) is 25.7 Å². The zero-order valence-electron chi connectivity index (χ0n) is 17.1. The summed E-state index contributed by atoms with van der Waals surface area (Å²) in [5, 5.41) is 19.4. The molecule has 1 aliphatic carbocycles. The van der Waals surface area contributed by atoms with Gasteiger partial charge in [-0.15, -0.1) is 0 Å². The summed E-state index contributed by atoms with van der Waals surface area (Å²) >= 11 is 0. The minimum absolute atomic E-state index is 0.0394. The monoisotopic (exact) mass is 487 g/mol. The van der Waals surface area contributed by atoms with E-state index >= 15 is 0 Å². The van der Waals surface area contributed by atoms with E-state index in [-0.39, 0.29) is 29.9 Å². The molecule has 13 heteroatoms. The predicted octanol–water partition coefficient (Wildman–Crippen LogP) is 2.13. The number of aliphatic hydroxyl groups is 2. The second kappa shape index (κ2) is 13.5. The van der Waals surface area contributed by atoms with Crippen LogP contribution in [0, 0.1) is 0 Å². The maximum absolute atomic E-state index is 11.7. The Morgan fingerprint density at radius 1 is 0.767 bits per heavy atom. The molecule has 0 bridgehead atoms. The maximum Gasteiger partial charge on any atom is 0.406 e. The Balaban J connectivity index is 0.000000238. The van der Waals surface area contributed by atoms with Crippen molar-refractivity contribution in [2.45, 2.75) is 79.8 Å². The molecule has 172 valence electrons. The molecule has 3 heterocycles. The van der Waals surface area contributed by atoms with Crippen molar-refractivity contribution in [3.05, 3.63) is 0 Å². The minimum Gasteiger partial charge on any atom is -0.351 e. The van der Waals surface area contributed by atoms with E-state index in [1.807, 2.05) is 0 Å². The molecule has 10 nitrogen and oxygen atoms in total. The van der Waals surface area contributed by atoms with Crippen LogP contribution in [-0.2, 0) is 27.9 Å². The molecule has 0 aromatic carbocycles. The average molecular weight is 487 g/mol. The molecule has 0 aromatic rings. The molecule has 6 N–H and O–H groups in total. The number of unbranched alkanes of at least 4 members (excludes halogenated alkanes) is 2. The number of nitrogens with two attached hydrogens (primary N) is 2. The van der Waals surface area contributed by atoms with Crippen LogP contribution in [-0.4, -0.2) is 71.6 Å². The summed E-state index contributed by atoms with van der Waals surface area (Å²) in [5.74, 6) is -1.58. The SMILES string of the molecule is NCN.O=[P+](C(O)CCCCCC(O)[P+](=O)C1CO1)C1CC1.O=[P+](C1CO1)C1CO1. The number of hydrogen-bond acceptors (Lipinski definition) is 10. The summed E-state index contributed by atoms with van der Waals surface area (Å²) < 4.78 is 48.6. The fraction of sp³-hybridized carbons (Fsp3) is 1.00. The summed E-state index contributed by atoms with van der Waals surface area (Å²) in [6, 6.07) is 0. The molecular weight excluding hydrogens is 453 g/mol. The lowest BCUT2D eigenvalue weighted by Crippen LogP contribution is -2.08. The quantitative estimate of drug-likeness (QED) is 0.138. The zero-order valence-corrected chi connectivity index (χ0v) is 19.8. The highest BCUT2D eigenvalue weighted by Gasteiger charge is 2.55. The highest BCUT2D eigenvalue weighted by Crippen LogP contribution is 2.49. The van der Waals surface area contributed by atoms with Gasteiger partial charge in [0.05, 0.1) is 0 Å². The number of epoxide rings is 3. The van der Waals surface area contributed by atoms with Crippen LogP contribution in [0.2, 0.25) is 0 Å². The smallest absolute Gasteiger partial charge is 0.351 e. The largest absolute Gasteiger partial charge is 0.406 e. The Kier molecular flexibility index (Phi) is 11.9. The van der Waals surface area contributed by atoms with Crippen LogP contribution < -0.4 is 11.5 Å². The molecular formula is C17H34N2O8P3+3.